The summed E-state index contributed by atoms with van der Waals surface area (Å²) in [5.41, 5.74) is 3.15. The van der Waals surface area contributed by atoms with E-state index >= 15 is 0 Å². The molecule has 11 nitrogen and oxygen atoms in total. The number of aliphatic hydroxyl groups excluding tert-OH is 2. The molecule has 0 spiro atoms. The van der Waals surface area contributed by atoms with Gasteiger partial charge in [0.2, 0.25) is 0 Å². The van der Waals surface area contributed by atoms with E-state index < -0.39 is 24.5 Å². The molecule has 2 aliphatic heterocycles. The second kappa shape index (κ2) is 9.43. The fourth-order valence-electron chi connectivity index (χ4n) is 4.52. The zero-order chi connectivity index (χ0) is 23.8. The number of ether oxygens (including phenoxy) is 2. The maximum Gasteiger partial charge on any atom is 0.167 e. The van der Waals surface area contributed by atoms with Crippen LogP contribution in [0.5, 0.6) is 0 Å². The summed E-state index contributed by atoms with van der Waals surface area (Å²) in [4.78, 5) is 18.3. The lowest BCUT2D eigenvalue weighted by Crippen LogP contribution is -2.44. The van der Waals surface area contributed by atoms with Gasteiger partial charge in [0.1, 0.15) is 24.1 Å². The molecule has 2 aromatic heterocycles. The standard InChI is InChI=1S/C23H31N7O4/c1-14-25-21(27-15-4-6-16(7-5-15)29-10-8-28(2)9-11-29)18-22(26-14)30(13-24-18)23-20(32)19(31)17(34-23)12-33-3/h4-7,13,17,19-20,23,31-32H,8-12H2,1-3H3,(H,25,26,27)/t17-,19?,20?,23-/m1/s1. The van der Waals surface area contributed by atoms with Crippen LogP contribution in [0.4, 0.5) is 17.2 Å². The maximum absolute atomic E-state index is 10.6. The summed E-state index contributed by atoms with van der Waals surface area (Å²) >= 11 is 0. The highest BCUT2D eigenvalue weighted by atomic mass is 16.6. The van der Waals surface area contributed by atoms with Gasteiger partial charge in [-0.2, -0.15) is 0 Å². The van der Waals surface area contributed by atoms with Crippen molar-refractivity contribution >= 4 is 28.4 Å². The van der Waals surface area contributed by atoms with E-state index in [0.29, 0.717) is 22.8 Å². The number of likely N-dealkylation sites (N-methyl/N-ethyl adjacent to an activating group) is 1. The first-order chi connectivity index (χ1) is 16.4. The number of fused-ring (bicyclic) bond motifs is 1. The van der Waals surface area contributed by atoms with E-state index in [1.54, 1.807) is 17.8 Å². The minimum Gasteiger partial charge on any atom is -0.387 e. The molecule has 0 saturated carbocycles. The zero-order valence-electron chi connectivity index (χ0n) is 19.6. The van der Waals surface area contributed by atoms with Crippen molar-refractivity contribution in [2.75, 3.05) is 57.2 Å². The number of aryl methyl sites for hydroxylation is 1. The second-order valence-electron chi connectivity index (χ2n) is 8.91. The summed E-state index contributed by atoms with van der Waals surface area (Å²) in [6.45, 7) is 6.12. The topological polar surface area (TPSA) is 121 Å². The SMILES string of the molecule is COC[C@H]1O[C@@H](n2cnc3c(Nc4ccc(N5CCN(C)CC5)cc4)nc(C)nc32)C(O)C1O. The van der Waals surface area contributed by atoms with Gasteiger partial charge in [-0.15, -0.1) is 0 Å². The molecule has 2 fully saturated rings. The molecule has 2 unspecified atom stereocenters. The molecule has 0 bridgehead atoms. The third-order valence-corrected chi connectivity index (χ3v) is 6.47. The first-order valence-corrected chi connectivity index (χ1v) is 11.5. The smallest absolute Gasteiger partial charge is 0.167 e. The number of aliphatic hydroxyl groups is 2. The zero-order valence-corrected chi connectivity index (χ0v) is 19.6. The number of hydrogen-bond acceptors (Lipinski definition) is 10. The van der Waals surface area contributed by atoms with Crippen LogP contribution in [0.2, 0.25) is 0 Å². The van der Waals surface area contributed by atoms with E-state index in [1.165, 1.54) is 12.8 Å². The van der Waals surface area contributed by atoms with Gasteiger partial charge in [0.15, 0.2) is 23.2 Å². The Hall–Kier alpha value is -2.83. The molecule has 3 N–H and O–H groups in total. The van der Waals surface area contributed by atoms with Crippen LogP contribution in [0.25, 0.3) is 11.2 Å². The van der Waals surface area contributed by atoms with Crippen LogP contribution in [-0.4, -0.2) is 99.9 Å². The Labute approximate surface area is 198 Å². The summed E-state index contributed by atoms with van der Waals surface area (Å²) < 4.78 is 12.6. The first-order valence-electron chi connectivity index (χ1n) is 11.5. The van der Waals surface area contributed by atoms with E-state index in [2.05, 4.69) is 49.2 Å². The molecule has 2 aliphatic rings. The molecule has 2 saturated heterocycles. The van der Waals surface area contributed by atoms with Gasteiger partial charge in [0.05, 0.1) is 12.9 Å². The highest BCUT2D eigenvalue weighted by Gasteiger charge is 2.44. The van der Waals surface area contributed by atoms with Crippen molar-refractivity contribution in [3.63, 3.8) is 0 Å². The summed E-state index contributed by atoms with van der Waals surface area (Å²) in [5.74, 6) is 1.11. The number of imidazole rings is 1. The average Bonchev–Trinajstić information content (AvgIpc) is 3.36. The molecular weight excluding hydrogens is 438 g/mol. The highest BCUT2D eigenvalue weighted by Crippen LogP contribution is 2.33. The van der Waals surface area contributed by atoms with Crippen LogP contribution in [0.3, 0.4) is 0 Å². The minimum absolute atomic E-state index is 0.173. The van der Waals surface area contributed by atoms with Gasteiger partial charge < -0.3 is 34.8 Å². The molecule has 4 heterocycles. The number of nitrogens with zero attached hydrogens (tertiary/aromatic N) is 6. The highest BCUT2D eigenvalue weighted by molar-refractivity contribution is 5.85. The predicted octanol–water partition coefficient (Wildman–Crippen LogP) is 0.896. The lowest BCUT2D eigenvalue weighted by atomic mass is 10.1. The number of nitrogens with one attached hydrogen (secondary N) is 1. The number of piperazine rings is 1. The number of aromatic nitrogens is 4. The number of anilines is 3. The van der Waals surface area contributed by atoms with Crippen molar-refractivity contribution in [2.45, 2.75) is 31.5 Å². The van der Waals surface area contributed by atoms with Crippen molar-refractivity contribution < 1.29 is 19.7 Å². The maximum atomic E-state index is 10.6. The Bertz CT molecular complexity index is 1130. The molecule has 4 atom stereocenters. The summed E-state index contributed by atoms with van der Waals surface area (Å²) in [6, 6.07) is 8.28. The predicted molar refractivity (Wildman–Crippen MR) is 127 cm³/mol. The molecule has 182 valence electrons. The Morgan fingerprint density at radius 2 is 1.82 bits per heavy atom. The molecule has 0 aliphatic carbocycles. The molecule has 0 radical (unpaired) electrons. The van der Waals surface area contributed by atoms with Gasteiger partial charge in [-0.25, -0.2) is 15.0 Å². The largest absolute Gasteiger partial charge is 0.387 e. The lowest BCUT2D eigenvalue weighted by Gasteiger charge is -2.34. The third kappa shape index (κ3) is 4.32. The Kier molecular flexibility index (Phi) is 6.36. The van der Waals surface area contributed by atoms with Crippen molar-refractivity contribution in [1.29, 1.82) is 0 Å². The molecule has 0 amide bonds. The van der Waals surface area contributed by atoms with Crippen LogP contribution < -0.4 is 10.2 Å². The van der Waals surface area contributed by atoms with E-state index in [0.717, 1.165) is 31.9 Å². The van der Waals surface area contributed by atoms with Crippen molar-refractivity contribution in [3.05, 3.63) is 36.4 Å². The Balaban J connectivity index is 1.38. The normalized spacial score (nSPS) is 25.9. The molecular formula is C23H31N7O4. The van der Waals surface area contributed by atoms with Crippen LogP contribution in [0.15, 0.2) is 30.6 Å². The summed E-state index contributed by atoms with van der Waals surface area (Å²) in [7, 11) is 3.67. The quantitative estimate of drug-likeness (QED) is 0.480. The van der Waals surface area contributed by atoms with Gasteiger partial charge in [-0.1, -0.05) is 0 Å². The molecule has 5 rings (SSSR count). The number of benzene rings is 1. The molecule has 3 aromatic rings. The summed E-state index contributed by atoms with van der Waals surface area (Å²) in [5, 5.41) is 24.2. The third-order valence-electron chi connectivity index (χ3n) is 6.47. The van der Waals surface area contributed by atoms with Crippen molar-refractivity contribution in [3.8, 4) is 0 Å². The van der Waals surface area contributed by atoms with E-state index in [-0.39, 0.29) is 6.61 Å². The molecule has 1 aromatic carbocycles. The van der Waals surface area contributed by atoms with Crippen LogP contribution >= 0.6 is 0 Å². The number of methoxy groups -OCH3 is 1. The molecule has 11 heteroatoms. The van der Waals surface area contributed by atoms with Crippen LogP contribution in [0, 0.1) is 6.92 Å². The van der Waals surface area contributed by atoms with Gasteiger partial charge >= 0.3 is 0 Å². The van der Waals surface area contributed by atoms with E-state index in [1.807, 2.05) is 12.1 Å². The number of hydrogen-bond donors (Lipinski definition) is 3. The monoisotopic (exact) mass is 469 g/mol. The Morgan fingerprint density at radius 1 is 1.09 bits per heavy atom. The van der Waals surface area contributed by atoms with Gasteiger partial charge in [-0.3, -0.25) is 4.57 Å². The molecule has 34 heavy (non-hydrogen) atoms. The van der Waals surface area contributed by atoms with E-state index in [4.69, 9.17) is 9.47 Å². The van der Waals surface area contributed by atoms with Crippen LogP contribution in [-0.2, 0) is 9.47 Å². The van der Waals surface area contributed by atoms with Crippen molar-refractivity contribution in [2.24, 2.45) is 0 Å². The fourth-order valence-corrected chi connectivity index (χ4v) is 4.52. The fraction of sp³-hybridized carbons (Fsp3) is 0.522. The minimum atomic E-state index is -1.13. The van der Waals surface area contributed by atoms with Gasteiger partial charge in [0.25, 0.3) is 0 Å². The van der Waals surface area contributed by atoms with Gasteiger partial charge in [0, 0.05) is 44.7 Å². The summed E-state index contributed by atoms with van der Waals surface area (Å²) in [6.07, 6.45) is -2.11. The first kappa shape index (κ1) is 22.9. The Morgan fingerprint density at radius 3 is 2.53 bits per heavy atom. The van der Waals surface area contributed by atoms with Crippen LogP contribution in [0.1, 0.15) is 12.1 Å². The number of rotatable bonds is 6. The van der Waals surface area contributed by atoms with Crippen molar-refractivity contribution in [1.82, 2.24) is 24.4 Å². The average molecular weight is 470 g/mol. The van der Waals surface area contributed by atoms with Gasteiger partial charge in [-0.05, 0) is 38.2 Å². The second-order valence-corrected chi connectivity index (χ2v) is 8.91. The lowest BCUT2D eigenvalue weighted by molar-refractivity contribution is -0.0580. The van der Waals surface area contributed by atoms with E-state index in [9.17, 15) is 10.2 Å².